The van der Waals surface area contributed by atoms with Crippen LogP contribution >= 0.6 is 0 Å². The first-order valence-electron chi connectivity index (χ1n) is 9.41. The molecule has 152 valence electrons. The van der Waals surface area contributed by atoms with Crippen LogP contribution in [0.5, 0.6) is 17.2 Å². The van der Waals surface area contributed by atoms with Crippen molar-refractivity contribution in [2.45, 2.75) is 12.5 Å². The molecule has 1 aromatic heterocycles. The molecule has 7 nitrogen and oxygen atoms in total. The van der Waals surface area contributed by atoms with Crippen LogP contribution in [0, 0.1) is 0 Å². The number of amides is 1. The zero-order valence-corrected chi connectivity index (χ0v) is 16.3. The van der Waals surface area contributed by atoms with Crippen LogP contribution in [0.3, 0.4) is 0 Å². The summed E-state index contributed by atoms with van der Waals surface area (Å²) in [5.41, 5.74) is 7.86. The molecule has 2 N–H and O–H groups in total. The zero-order valence-electron chi connectivity index (χ0n) is 16.3. The SMILES string of the molecule is COc1cnccc1[C@@H](Oc1ccc2c(c1)OCCC2=O)c1ccc(C(N)=O)cc1. The number of hydrogen-bond donors (Lipinski definition) is 1. The Morgan fingerprint density at radius 3 is 2.70 bits per heavy atom. The number of carbonyl (C=O) groups excluding carboxylic acids is 2. The summed E-state index contributed by atoms with van der Waals surface area (Å²) in [6.07, 6.45) is 3.08. The number of carbonyl (C=O) groups is 2. The number of methoxy groups -OCH3 is 1. The predicted molar refractivity (Wildman–Crippen MR) is 109 cm³/mol. The molecule has 1 atom stereocenters. The summed E-state index contributed by atoms with van der Waals surface area (Å²) in [7, 11) is 1.56. The van der Waals surface area contributed by atoms with Gasteiger partial charge in [-0.2, -0.15) is 0 Å². The largest absolute Gasteiger partial charge is 0.495 e. The van der Waals surface area contributed by atoms with E-state index in [1.807, 2.05) is 6.07 Å². The molecule has 2 aromatic carbocycles. The zero-order chi connectivity index (χ0) is 21.1. The summed E-state index contributed by atoms with van der Waals surface area (Å²) in [6, 6.07) is 13.8. The summed E-state index contributed by atoms with van der Waals surface area (Å²) in [6.45, 7) is 0.353. The molecule has 1 aliphatic heterocycles. The lowest BCUT2D eigenvalue weighted by molar-refractivity contribution is 0.0932. The van der Waals surface area contributed by atoms with Crippen LogP contribution in [0.1, 0.15) is 44.4 Å². The quantitative estimate of drug-likeness (QED) is 0.676. The lowest BCUT2D eigenvalue weighted by Crippen LogP contribution is -2.16. The Balaban J connectivity index is 1.74. The van der Waals surface area contributed by atoms with Crippen molar-refractivity contribution >= 4 is 11.7 Å². The maximum atomic E-state index is 12.1. The van der Waals surface area contributed by atoms with Gasteiger partial charge in [-0.05, 0) is 35.9 Å². The van der Waals surface area contributed by atoms with Crippen LogP contribution in [0.15, 0.2) is 60.9 Å². The van der Waals surface area contributed by atoms with E-state index in [4.69, 9.17) is 19.9 Å². The molecule has 0 radical (unpaired) electrons. The minimum Gasteiger partial charge on any atom is -0.495 e. The van der Waals surface area contributed by atoms with Crippen molar-refractivity contribution in [3.05, 3.63) is 83.2 Å². The van der Waals surface area contributed by atoms with E-state index in [-0.39, 0.29) is 5.78 Å². The Hall–Kier alpha value is -3.87. The fourth-order valence-corrected chi connectivity index (χ4v) is 3.36. The van der Waals surface area contributed by atoms with Gasteiger partial charge in [0.2, 0.25) is 5.91 Å². The smallest absolute Gasteiger partial charge is 0.248 e. The highest BCUT2D eigenvalue weighted by Gasteiger charge is 2.23. The first-order valence-corrected chi connectivity index (χ1v) is 9.41. The number of pyridine rings is 1. The number of nitrogens with zero attached hydrogens (tertiary/aromatic N) is 1. The average Bonchev–Trinajstić information content (AvgIpc) is 2.77. The van der Waals surface area contributed by atoms with Crippen molar-refractivity contribution in [2.75, 3.05) is 13.7 Å². The number of fused-ring (bicyclic) bond motifs is 1. The van der Waals surface area contributed by atoms with Crippen LogP contribution in [0.4, 0.5) is 0 Å². The van der Waals surface area contributed by atoms with Gasteiger partial charge in [0.25, 0.3) is 0 Å². The normalized spacial score (nSPS) is 13.7. The topological polar surface area (TPSA) is 101 Å². The van der Waals surface area contributed by atoms with Gasteiger partial charge in [-0.1, -0.05) is 12.1 Å². The molecule has 0 saturated heterocycles. The first-order chi connectivity index (χ1) is 14.6. The van der Waals surface area contributed by atoms with Crippen LogP contribution in [0.2, 0.25) is 0 Å². The molecule has 0 fully saturated rings. The maximum absolute atomic E-state index is 12.1. The molecule has 0 spiro atoms. The minimum absolute atomic E-state index is 0.0530. The van der Waals surface area contributed by atoms with Gasteiger partial charge >= 0.3 is 0 Å². The molecule has 30 heavy (non-hydrogen) atoms. The standard InChI is InChI=1S/C23H20N2O5/c1-28-21-13-25-10-8-18(21)22(14-2-4-15(5-3-14)23(24)27)30-16-6-7-17-19(26)9-11-29-20(17)12-16/h2-8,10,12-13,22H,9,11H2,1H3,(H2,24,27)/t22-/m0/s1. The highest BCUT2D eigenvalue weighted by Crippen LogP contribution is 2.36. The molecule has 0 unspecified atom stereocenters. The maximum Gasteiger partial charge on any atom is 0.248 e. The monoisotopic (exact) mass is 404 g/mol. The number of primary amides is 1. The number of rotatable bonds is 6. The number of nitrogens with two attached hydrogens (primary N) is 1. The van der Waals surface area contributed by atoms with E-state index in [9.17, 15) is 9.59 Å². The molecule has 1 amide bonds. The Kier molecular flexibility index (Phi) is 5.34. The van der Waals surface area contributed by atoms with Crippen molar-refractivity contribution < 1.29 is 23.8 Å². The third-order valence-electron chi connectivity index (χ3n) is 4.91. The van der Waals surface area contributed by atoms with E-state index in [1.54, 1.807) is 62.0 Å². The number of benzene rings is 2. The number of Topliss-reactive ketones (excluding diaryl/α,β-unsaturated/α-hetero) is 1. The number of ketones is 1. The molecule has 4 rings (SSSR count). The van der Waals surface area contributed by atoms with Gasteiger partial charge in [-0.3, -0.25) is 14.6 Å². The number of ether oxygens (including phenoxy) is 3. The average molecular weight is 404 g/mol. The van der Waals surface area contributed by atoms with Crippen molar-refractivity contribution in [1.29, 1.82) is 0 Å². The molecular weight excluding hydrogens is 384 g/mol. The first kappa shape index (κ1) is 19.4. The minimum atomic E-state index is -0.554. The Morgan fingerprint density at radius 1 is 1.17 bits per heavy atom. The Bertz CT molecular complexity index is 1100. The second-order valence-corrected chi connectivity index (χ2v) is 6.78. The Labute approximate surface area is 173 Å². The second-order valence-electron chi connectivity index (χ2n) is 6.78. The van der Waals surface area contributed by atoms with Crippen LogP contribution in [0.25, 0.3) is 0 Å². The van der Waals surface area contributed by atoms with Gasteiger partial charge < -0.3 is 19.9 Å². The van der Waals surface area contributed by atoms with Crippen LogP contribution in [-0.2, 0) is 0 Å². The van der Waals surface area contributed by atoms with Crippen LogP contribution < -0.4 is 19.9 Å². The van der Waals surface area contributed by atoms with Gasteiger partial charge in [0.15, 0.2) is 11.9 Å². The van der Waals surface area contributed by atoms with Crippen molar-refractivity contribution in [3.8, 4) is 17.2 Å². The van der Waals surface area contributed by atoms with E-state index >= 15 is 0 Å². The molecule has 3 aromatic rings. The van der Waals surface area contributed by atoms with Crippen molar-refractivity contribution in [3.63, 3.8) is 0 Å². The van der Waals surface area contributed by atoms with E-state index in [0.29, 0.717) is 41.4 Å². The predicted octanol–water partition coefficient (Wildman–Crippen LogP) is 3.32. The van der Waals surface area contributed by atoms with Gasteiger partial charge in [0.05, 0.1) is 25.5 Å². The van der Waals surface area contributed by atoms with E-state index in [1.165, 1.54) is 0 Å². The van der Waals surface area contributed by atoms with E-state index in [0.717, 1.165) is 11.1 Å². The molecule has 0 aliphatic carbocycles. The van der Waals surface area contributed by atoms with Gasteiger partial charge in [-0.25, -0.2) is 0 Å². The van der Waals surface area contributed by atoms with Crippen molar-refractivity contribution in [2.24, 2.45) is 5.73 Å². The lowest BCUT2D eigenvalue weighted by Gasteiger charge is -2.23. The molecular formula is C23H20N2O5. The number of hydrogen-bond acceptors (Lipinski definition) is 6. The van der Waals surface area contributed by atoms with E-state index < -0.39 is 12.0 Å². The third-order valence-corrected chi connectivity index (χ3v) is 4.91. The van der Waals surface area contributed by atoms with Gasteiger partial charge in [0.1, 0.15) is 17.2 Å². The van der Waals surface area contributed by atoms with Crippen LogP contribution in [-0.4, -0.2) is 30.4 Å². The molecule has 0 saturated carbocycles. The molecule has 7 heteroatoms. The highest BCUT2D eigenvalue weighted by atomic mass is 16.5. The Morgan fingerprint density at radius 2 is 1.97 bits per heavy atom. The lowest BCUT2D eigenvalue weighted by atomic mass is 9.99. The highest BCUT2D eigenvalue weighted by molar-refractivity contribution is 5.99. The summed E-state index contributed by atoms with van der Waals surface area (Å²) in [4.78, 5) is 27.6. The fraction of sp³-hybridized carbons (Fsp3) is 0.174. The van der Waals surface area contributed by atoms with Gasteiger partial charge in [0, 0.05) is 29.8 Å². The van der Waals surface area contributed by atoms with Gasteiger partial charge in [-0.15, -0.1) is 0 Å². The molecule has 0 bridgehead atoms. The molecule has 1 aliphatic rings. The summed E-state index contributed by atoms with van der Waals surface area (Å²) in [5, 5.41) is 0. The number of aromatic nitrogens is 1. The van der Waals surface area contributed by atoms with Crippen molar-refractivity contribution in [1.82, 2.24) is 4.98 Å². The fourth-order valence-electron chi connectivity index (χ4n) is 3.36. The summed E-state index contributed by atoms with van der Waals surface area (Å²) in [5.74, 6) is 1.15. The third kappa shape index (κ3) is 3.82. The second kappa shape index (κ2) is 8.24. The summed E-state index contributed by atoms with van der Waals surface area (Å²) < 4.78 is 17.4. The van der Waals surface area contributed by atoms with E-state index in [2.05, 4.69) is 4.98 Å². The summed E-state index contributed by atoms with van der Waals surface area (Å²) >= 11 is 0. The molecule has 2 heterocycles.